The Labute approximate surface area is 107 Å². The third kappa shape index (κ3) is 2.31. The molecule has 0 saturated carbocycles. The van der Waals surface area contributed by atoms with Crippen molar-refractivity contribution >= 4 is 0 Å². The van der Waals surface area contributed by atoms with E-state index in [-0.39, 0.29) is 11.9 Å². The van der Waals surface area contributed by atoms with Crippen LogP contribution < -0.4 is 5.32 Å². The van der Waals surface area contributed by atoms with Crippen molar-refractivity contribution < 1.29 is 8.81 Å². The lowest BCUT2D eigenvalue weighted by Gasteiger charge is -2.20. The van der Waals surface area contributed by atoms with Gasteiger partial charge in [-0.05, 0) is 62.7 Å². The molecule has 0 spiro atoms. The molecule has 1 atom stereocenters. The second-order valence-electron chi connectivity index (χ2n) is 4.67. The molecule has 2 rings (SSSR count). The molecule has 1 aromatic carbocycles. The minimum atomic E-state index is -0.188. The molecule has 0 saturated heterocycles. The first-order valence-corrected chi connectivity index (χ1v) is 6.02. The van der Waals surface area contributed by atoms with Crippen molar-refractivity contribution in [2.24, 2.45) is 0 Å². The second-order valence-corrected chi connectivity index (χ2v) is 4.67. The van der Waals surface area contributed by atoms with E-state index >= 15 is 0 Å². The normalized spacial score (nSPS) is 12.7. The van der Waals surface area contributed by atoms with Crippen LogP contribution in [0.15, 0.2) is 28.9 Å². The van der Waals surface area contributed by atoms with E-state index in [4.69, 9.17) is 4.42 Å². The van der Waals surface area contributed by atoms with E-state index < -0.39 is 0 Å². The number of halogens is 1. The highest BCUT2D eigenvalue weighted by Crippen LogP contribution is 2.29. The molecule has 1 heterocycles. The molecular formula is C15H18FNO. The fourth-order valence-corrected chi connectivity index (χ4v) is 2.47. The van der Waals surface area contributed by atoms with Gasteiger partial charge in [0.1, 0.15) is 11.6 Å². The van der Waals surface area contributed by atoms with Crippen LogP contribution in [0.4, 0.5) is 4.39 Å². The predicted octanol–water partition coefficient (Wildman–Crippen LogP) is 3.65. The van der Waals surface area contributed by atoms with Crippen molar-refractivity contribution in [3.63, 3.8) is 0 Å². The number of aryl methyl sites for hydroxylation is 3. The van der Waals surface area contributed by atoms with Crippen molar-refractivity contribution in [3.8, 4) is 0 Å². The Kier molecular flexibility index (Phi) is 3.53. The monoisotopic (exact) mass is 247 g/mol. The molecule has 1 unspecified atom stereocenters. The summed E-state index contributed by atoms with van der Waals surface area (Å²) in [6.45, 7) is 5.78. The summed E-state index contributed by atoms with van der Waals surface area (Å²) in [7, 11) is 1.90. The van der Waals surface area contributed by atoms with Crippen molar-refractivity contribution in [1.29, 1.82) is 0 Å². The molecule has 0 bridgehead atoms. The van der Waals surface area contributed by atoms with E-state index in [2.05, 4.69) is 5.32 Å². The first-order valence-electron chi connectivity index (χ1n) is 6.02. The van der Waals surface area contributed by atoms with Crippen LogP contribution >= 0.6 is 0 Å². The van der Waals surface area contributed by atoms with E-state index in [1.165, 1.54) is 0 Å². The maximum Gasteiger partial charge on any atom is 0.123 e. The molecule has 1 aromatic heterocycles. The first kappa shape index (κ1) is 12.8. The highest BCUT2D eigenvalue weighted by molar-refractivity contribution is 5.41. The molecule has 1 N–H and O–H groups in total. The van der Waals surface area contributed by atoms with Gasteiger partial charge < -0.3 is 9.73 Å². The molecule has 0 radical (unpaired) electrons. The lowest BCUT2D eigenvalue weighted by Crippen LogP contribution is -2.19. The summed E-state index contributed by atoms with van der Waals surface area (Å²) in [4.78, 5) is 0. The number of hydrogen-bond acceptors (Lipinski definition) is 2. The maximum absolute atomic E-state index is 13.3. The third-order valence-electron chi connectivity index (χ3n) is 3.22. The number of furan rings is 1. The van der Waals surface area contributed by atoms with Crippen LogP contribution in [0.1, 0.15) is 34.1 Å². The minimum absolute atomic E-state index is 0.0306. The van der Waals surface area contributed by atoms with Crippen LogP contribution in [0.5, 0.6) is 0 Å². The number of rotatable bonds is 3. The number of benzene rings is 1. The highest BCUT2D eigenvalue weighted by Gasteiger charge is 2.18. The Morgan fingerprint density at radius 3 is 2.17 bits per heavy atom. The average Bonchev–Trinajstić information content (AvgIpc) is 2.69. The highest BCUT2D eigenvalue weighted by atomic mass is 19.1. The van der Waals surface area contributed by atoms with Gasteiger partial charge in [-0.25, -0.2) is 4.39 Å². The molecule has 18 heavy (non-hydrogen) atoms. The minimum Gasteiger partial charge on any atom is -0.469 e. The van der Waals surface area contributed by atoms with Crippen LogP contribution in [-0.4, -0.2) is 7.05 Å². The van der Waals surface area contributed by atoms with Gasteiger partial charge in [0, 0.05) is 5.56 Å². The smallest absolute Gasteiger partial charge is 0.123 e. The van der Waals surface area contributed by atoms with Gasteiger partial charge in [0.2, 0.25) is 0 Å². The van der Waals surface area contributed by atoms with Gasteiger partial charge in [0.25, 0.3) is 0 Å². The Morgan fingerprint density at radius 1 is 1.11 bits per heavy atom. The van der Waals surface area contributed by atoms with Gasteiger partial charge in [-0.2, -0.15) is 0 Å². The van der Waals surface area contributed by atoms with Crippen LogP contribution in [-0.2, 0) is 0 Å². The van der Waals surface area contributed by atoms with E-state index in [0.717, 1.165) is 28.0 Å². The summed E-state index contributed by atoms with van der Waals surface area (Å²) < 4.78 is 18.7. The molecule has 2 aromatic rings. The predicted molar refractivity (Wildman–Crippen MR) is 70.2 cm³/mol. The molecule has 0 amide bonds. The molecule has 96 valence electrons. The molecule has 0 aliphatic rings. The Hall–Kier alpha value is -1.61. The quantitative estimate of drug-likeness (QED) is 0.895. The first-order chi connectivity index (χ1) is 8.52. The van der Waals surface area contributed by atoms with Gasteiger partial charge in [-0.15, -0.1) is 0 Å². The van der Waals surface area contributed by atoms with Crippen LogP contribution in [0, 0.1) is 26.6 Å². The number of nitrogens with one attached hydrogen (secondary N) is 1. The Bertz CT molecular complexity index is 536. The van der Waals surface area contributed by atoms with Gasteiger partial charge in [-0.1, -0.05) is 0 Å². The summed E-state index contributed by atoms with van der Waals surface area (Å²) >= 11 is 0. The van der Waals surface area contributed by atoms with Gasteiger partial charge in [-0.3, -0.25) is 0 Å². The SMILES string of the molecule is CNC(c1coc(C)c1)c1c(C)cc(F)cc1C. The van der Waals surface area contributed by atoms with Gasteiger partial charge in [0.15, 0.2) is 0 Å². The lowest BCUT2D eigenvalue weighted by atomic mass is 9.92. The third-order valence-corrected chi connectivity index (χ3v) is 3.22. The van der Waals surface area contributed by atoms with E-state index in [0.29, 0.717) is 0 Å². The topological polar surface area (TPSA) is 25.2 Å². The molecule has 0 aliphatic carbocycles. The fourth-order valence-electron chi connectivity index (χ4n) is 2.47. The maximum atomic E-state index is 13.3. The summed E-state index contributed by atoms with van der Waals surface area (Å²) in [6.07, 6.45) is 1.75. The average molecular weight is 247 g/mol. The molecule has 3 heteroatoms. The lowest BCUT2D eigenvalue weighted by molar-refractivity contribution is 0.527. The van der Waals surface area contributed by atoms with Crippen molar-refractivity contribution in [3.05, 3.63) is 58.3 Å². The zero-order chi connectivity index (χ0) is 13.3. The largest absolute Gasteiger partial charge is 0.469 e. The van der Waals surface area contributed by atoms with Crippen LogP contribution in [0.25, 0.3) is 0 Å². The standard InChI is InChI=1S/C15H18FNO/c1-9-5-13(16)6-10(2)14(9)15(17-4)12-7-11(3)18-8-12/h5-8,15,17H,1-4H3. The van der Waals surface area contributed by atoms with E-state index in [9.17, 15) is 4.39 Å². The van der Waals surface area contributed by atoms with Gasteiger partial charge in [0.05, 0.1) is 12.3 Å². The van der Waals surface area contributed by atoms with E-state index in [1.807, 2.05) is 33.9 Å². The van der Waals surface area contributed by atoms with E-state index in [1.54, 1.807) is 18.4 Å². The second kappa shape index (κ2) is 4.94. The van der Waals surface area contributed by atoms with Crippen molar-refractivity contribution in [1.82, 2.24) is 5.32 Å². The van der Waals surface area contributed by atoms with Crippen molar-refractivity contribution in [2.45, 2.75) is 26.8 Å². The zero-order valence-electron chi connectivity index (χ0n) is 11.2. The summed E-state index contributed by atoms with van der Waals surface area (Å²) in [6, 6.07) is 5.17. The zero-order valence-corrected chi connectivity index (χ0v) is 11.2. The van der Waals surface area contributed by atoms with Crippen LogP contribution in [0.3, 0.4) is 0 Å². The fraction of sp³-hybridized carbons (Fsp3) is 0.333. The Morgan fingerprint density at radius 2 is 1.72 bits per heavy atom. The summed E-state index contributed by atoms with van der Waals surface area (Å²) in [5.74, 6) is 0.689. The Balaban J connectivity index is 2.51. The molecule has 0 fully saturated rings. The molecule has 2 nitrogen and oxygen atoms in total. The number of hydrogen-bond donors (Lipinski definition) is 1. The summed E-state index contributed by atoms with van der Waals surface area (Å²) in [5, 5.41) is 3.27. The summed E-state index contributed by atoms with van der Waals surface area (Å²) in [5.41, 5.74) is 4.07. The molecular weight excluding hydrogens is 229 g/mol. The van der Waals surface area contributed by atoms with Gasteiger partial charge >= 0.3 is 0 Å². The van der Waals surface area contributed by atoms with Crippen molar-refractivity contribution in [2.75, 3.05) is 7.05 Å². The molecule has 0 aliphatic heterocycles. The van der Waals surface area contributed by atoms with Crippen LogP contribution in [0.2, 0.25) is 0 Å².